The Bertz CT molecular complexity index is 635. The summed E-state index contributed by atoms with van der Waals surface area (Å²) in [6.07, 6.45) is 2.33. The van der Waals surface area contributed by atoms with Crippen molar-refractivity contribution in [2.24, 2.45) is 10.9 Å². The molecule has 0 saturated carbocycles. The zero-order valence-electron chi connectivity index (χ0n) is 10.2. The molecule has 0 amide bonds. The zero-order chi connectivity index (χ0) is 13.7. The molecule has 0 aliphatic rings. The first-order valence-corrected chi connectivity index (χ1v) is 5.80. The number of rotatable bonds is 4. The SMILES string of the molecule is N/C(=N\O)c1ccn(CCc2ccccc2)c(=O)n1. The first kappa shape index (κ1) is 12.8. The van der Waals surface area contributed by atoms with Crippen LogP contribution in [0.5, 0.6) is 0 Å². The number of hydrogen-bond donors (Lipinski definition) is 2. The molecule has 0 unspecified atom stereocenters. The monoisotopic (exact) mass is 258 g/mol. The van der Waals surface area contributed by atoms with Gasteiger partial charge in [0.15, 0.2) is 5.84 Å². The topological polar surface area (TPSA) is 93.5 Å². The van der Waals surface area contributed by atoms with E-state index in [1.54, 1.807) is 12.3 Å². The van der Waals surface area contributed by atoms with Crippen LogP contribution in [0.3, 0.4) is 0 Å². The third kappa shape index (κ3) is 3.19. The Balaban J connectivity index is 2.12. The lowest BCUT2D eigenvalue weighted by Crippen LogP contribution is -2.27. The van der Waals surface area contributed by atoms with E-state index in [-0.39, 0.29) is 11.5 Å². The van der Waals surface area contributed by atoms with Gasteiger partial charge in [0, 0.05) is 12.7 Å². The lowest BCUT2D eigenvalue weighted by Gasteiger charge is -2.05. The number of nitrogens with zero attached hydrogens (tertiary/aromatic N) is 3. The first-order chi connectivity index (χ1) is 9.20. The molecule has 0 aliphatic heterocycles. The maximum Gasteiger partial charge on any atom is 0.348 e. The van der Waals surface area contributed by atoms with E-state index >= 15 is 0 Å². The van der Waals surface area contributed by atoms with Crippen LogP contribution in [-0.4, -0.2) is 20.6 Å². The highest BCUT2D eigenvalue weighted by molar-refractivity contribution is 5.94. The van der Waals surface area contributed by atoms with Crippen LogP contribution in [0, 0.1) is 0 Å². The summed E-state index contributed by atoms with van der Waals surface area (Å²) in [5.41, 5.74) is 6.27. The van der Waals surface area contributed by atoms with Gasteiger partial charge < -0.3 is 10.9 Å². The molecule has 0 bridgehead atoms. The molecular formula is C13H14N4O2. The molecule has 1 heterocycles. The summed E-state index contributed by atoms with van der Waals surface area (Å²) in [6, 6.07) is 11.4. The van der Waals surface area contributed by atoms with Gasteiger partial charge in [-0.05, 0) is 18.1 Å². The van der Waals surface area contributed by atoms with Crippen molar-refractivity contribution in [3.05, 3.63) is 64.3 Å². The molecule has 1 aromatic heterocycles. The molecule has 0 radical (unpaired) electrons. The Morgan fingerprint density at radius 1 is 1.32 bits per heavy atom. The predicted octanol–water partition coefficient (Wildman–Crippen LogP) is 0.580. The first-order valence-electron chi connectivity index (χ1n) is 5.80. The van der Waals surface area contributed by atoms with Crippen molar-refractivity contribution in [3.63, 3.8) is 0 Å². The van der Waals surface area contributed by atoms with Gasteiger partial charge in [0.25, 0.3) is 0 Å². The number of nitrogens with two attached hydrogens (primary N) is 1. The molecular weight excluding hydrogens is 244 g/mol. The molecule has 0 atom stereocenters. The van der Waals surface area contributed by atoms with E-state index in [1.807, 2.05) is 30.3 Å². The second-order valence-electron chi connectivity index (χ2n) is 4.01. The minimum Gasteiger partial charge on any atom is -0.409 e. The highest BCUT2D eigenvalue weighted by Gasteiger charge is 2.04. The van der Waals surface area contributed by atoms with Crippen molar-refractivity contribution >= 4 is 5.84 Å². The third-order valence-corrected chi connectivity index (χ3v) is 2.73. The van der Waals surface area contributed by atoms with Gasteiger partial charge in [-0.2, -0.15) is 4.98 Å². The summed E-state index contributed by atoms with van der Waals surface area (Å²) in [5.74, 6) is -0.174. The van der Waals surface area contributed by atoms with Crippen molar-refractivity contribution in [2.45, 2.75) is 13.0 Å². The average molecular weight is 258 g/mol. The molecule has 6 heteroatoms. The van der Waals surface area contributed by atoms with Gasteiger partial charge in [-0.15, -0.1) is 0 Å². The Morgan fingerprint density at radius 2 is 2.05 bits per heavy atom. The summed E-state index contributed by atoms with van der Waals surface area (Å²) in [7, 11) is 0. The molecule has 2 aromatic rings. The Kier molecular flexibility index (Phi) is 3.92. The summed E-state index contributed by atoms with van der Waals surface area (Å²) >= 11 is 0. The van der Waals surface area contributed by atoms with Crippen molar-refractivity contribution in [1.29, 1.82) is 0 Å². The van der Waals surface area contributed by atoms with Crippen LogP contribution in [0.2, 0.25) is 0 Å². The zero-order valence-corrected chi connectivity index (χ0v) is 10.2. The van der Waals surface area contributed by atoms with E-state index in [0.29, 0.717) is 6.54 Å². The molecule has 19 heavy (non-hydrogen) atoms. The Morgan fingerprint density at radius 3 is 2.68 bits per heavy atom. The van der Waals surface area contributed by atoms with Gasteiger partial charge in [0.05, 0.1) is 0 Å². The lowest BCUT2D eigenvalue weighted by atomic mass is 10.1. The highest BCUT2D eigenvalue weighted by atomic mass is 16.4. The summed E-state index contributed by atoms with van der Waals surface area (Å²) in [4.78, 5) is 15.5. The molecule has 1 aromatic carbocycles. The van der Waals surface area contributed by atoms with Crippen LogP contribution >= 0.6 is 0 Å². The van der Waals surface area contributed by atoms with E-state index < -0.39 is 5.69 Å². The minimum atomic E-state index is -0.417. The number of aryl methyl sites for hydroxylation is 2. The number of amidine groups is 1. The normalized spacial score (nSPS) is 11.5. The number of oxime groups is 1. The molecule has 0 fully saturated rings. The van der Waals surface area contributed by atoms with Crippen LogP contribution in [0.1, 0.15) is 11.3 Å². The standard InChI is InChI=1S/C13H14N4O2/c14-12(16-19)11-7-9-17(13(18)15-11)8-6-10-4-2-1-3-5-10/h1-5,7,9,19H,6,8H2,(H2,14,16). The van der Waals surface area contributed by atoms with Crippen LogP contribution in [0.4, 0.5) is 0 Å². The number of benzene rings is 1. The third-order valence-electron chi connectivity index (χ3n) is 2.73. The van der Waals surface area contributed by atoms with Gasteiger partial charge in [-0.3, -0.25) is 4.57 Å². The van der Waals surface area contributed by atoms with Crippen molar-refractivity contribution in [3.8, 4) is 0 Å². The van der Waals surface area contributed by atoms with E-state index in [9.17, 15) is 4.79 Å². The molecule has 6 nitrogen and oxygen atoms in total. The van der Waals surface area contributed by atoms with Crippen molar-refractivity contribution in [1.82, 2.24) is 9.55 Å². The fourth-order valence-electron chi connectivity index (χ4n) is 1.69. The maximum atomic E-state index is 11.7. The quantitative estimate of drug-likeness (QED) is 0.363. The fourth-order valence-corrected chi connectivity index (χ4v) is 1.69. The lowest BCUT2D eigenvalue weighted by molar-refractivity contribution is 0.318. The molecule has 3 N–H and O–H groups in total. The Hall–Kier alpha value is -2.63. The average Bonchev–Trinajstić information content (AvgIpc) is 2.46. The molecule has 2 rings (SSSR count). The Labute approximate surface area is 109 Å². The van der Waals surface area contributed by atoms with Crippen molar-refractivity contribution in [2.75, 3.05) is 0 Å². The van der Waals surface area contributed by atoms with Crippen LogP contribution in [0.25, 0.3) is 0 Å². The van der Waals surface area contributed by atoms with Crippen LogP contribution < -0.4 is 11.4 Å². The molecule has 0 aliphatic carbocycles. The van der Waals surface area contributed by atoms with Gasteiger partial charge in [-0.25, -0.2) is 4.79 Å². The van der Waals surface area contributed by atoms with Gasteiger partial charge in [0.1, 0.15) is 5.69 Å². The highest BCUT2D eigenvalue weighted by Crippen LogP contribution is 2.00. The van der Waals surface area contributed by atoms with Gasteiger partial charge >= 0.3 is 5.69 Å². The van der Waals surface area contributed by atoms with E-state index in [2.05, 4.69) is 10.1 Å². The minimum absolute atomic E-state index is 0.170. The number of aromatic nitrogens is 2. The van der Waals surface area contributed by atoms with E-state index in [4.69, 9.17) is 10.9 Å². The predicted molar refractivity (Wildman–Crippen MR) is 71.2 cm³/mol. The van der Waals surface area contributed by atoms with E-state index in [0.717, 1.165) is 12.0 Å². The van der Waals surface area contributed by atoms with Gasteiger partial charge in [0.2, 0.25) is 0 Å². The van der Waals surface area contributed by atoms with Crippen molar-refractivity contribution < 1.29 is 5.21 Å². The molecule has 98 valence electrons. The number of hydrogen-bond acceptors (Lipinski definition) is 4. The molecule has 0 saturated heterocycles. The maximum absolute atomic E-state index is 11.7. The van der Waals surface area contributed by atoms with Crippen LogP contribution in [0.15, 0.2) is 52.5 Å². The van der Waals surface area contributed by atoms with E-state index in [1.165, 1.54) is 4.57 Å². The fraction of sp³-hybridized carbons (Fsp3) is 0.154. The smallest absolute Gasteiger partial charge is 0.348 e. The van der Waals surface area contributed by atoms with Crippen LogP contribution in [-0.2, 0) is 13.0 Å². The summed E-state index contributed by atoms with van der Waals surface area (Å²) < 4.78 is 1.49. The molecule has 0 spiro atoms. The second kappa shape index (κ2) is 5.81. The van der Waals surface area contributed by atoms with Gasteiger partial charge in [-0.1, -0.05) is 35.5 Å². The second-order valence-corrected chi connectivity index (χ2v) is 4.01. The largest absolute Gasteiger partial charge is 0.409 e. The summed E-state index contributed by atoms with van der Waals surface area (Å²) in [5, 5.41) is 11.3. The summed E-state index contributed by atoms with van der Waals surface area (Å²) in [6.45, 7) is 0.534.